The molecular formula is C13H10BrNO4S. The van der Waals surface area contributed by atoms with Crippen molar-refractivity contribution in [2.24, 2.45) is 0 Å². The molecule has 7 heteroatoms. The van der Waals surface area contributed by atoms with E-state index < -0.39 is 10.1 Å². The highest BCUT2D eigenvalue weighted by Gasteiger charge is 2.11. The average Bonchev–Trinajstić information content (AvgIpc) is 2.38. The van der Waals surface area contributed by atoms with Crippen molar-refractivity contribution in [1.82, 2.24) is 0 Å². The first kappa shape index (κ1) is 14.7. The van der Waals surface area contributed by atoms with Gasteiger partial charge in [-0.3, -0.25) is 9.35 Å². The van der Waals surface area contributed by atoms with E-state index in [-0.39, 0.29) is 16.5 Å². The Morgan fingerprint density at radius 1 is 1.10 bits per heavy atom. The Morgan fingerprint density at radius 2 is 1.75 bits per heavy atom. The van der Waals surface area contributed by atoms with Crippen LogP contribution in [0.4, 0.5) is 5.69 Å². The van der Waals surface area contributed by atoms with Crippen molar-refractivity contribution in [3.05, 3.63) is 58.6 Å². The molecule has 0 unspecified atom stereocenters. The van der Waals surface area contributed by atoms with Gasteiger partial charge in [0.15, 0.2) is 0 Å². The zero-order chi connectivity index (χ0) is 14.8. The van der Waals surface area contributed by atoms with Crippen LogP contribution in [0, 0.1) is 0 Å². The number of hydrogen-bond acceptors (Lipinski definition) is 3. The summed E-state index contributed by atoms with van der Waals surface area (Å²) in [6, 6.07) is 12.1. The van der Waals surface area contributed by atoms with Gasteiger partial charge in [0.05, 0.1) is 4.90 Å². The smallest absolute Gasteiger partial charge is 0.294 e. The van der Waals surface area contributed by atoms with Gasteiger partial charge in [0, 0.05) is 15.7 Å². The minimum atomic E-state index is -4.29. The van der Waals surface area contributed by atoms with E-state index >= 15 is 0 Å². The molecular weight excluding hydrogens is 346 g/mol. The van der Waals surface area contributed by atoms with Gasteiger partial charge in [-0.15, -0.1) is 0 Å². The zero-order valence-electron chi connectivity index (χ0n) is 10.1. The molecule has 1 amide bonds. The molecule has 0 saturated carbocycles. The van der Waals surface area contributed by atoms with Crippen LogP contribution in [0.15, 0.2) is 57.9 Å². The maximum Gasteiger partial charge on any atom is 0.294 e. The predicted molar refractivity (Wildman–Crippen MR) is 78.4 cm³/mol. The predicted octanol–water partition coefficient (Wildman–Crippen LogP) is 2.95. The highest BCUT2D eigenvalue weighted by atomic mass is 79.9. The fraction of sp³-hybridized carbons (Fsp3) is 0. The van der Waals surface area contributed by atoms with Crippen molar-refractivity contribution in [2.75, 3.05) is 5.32 Å². The maximum atomic E-state index is 11.9. The summed E-state index contributed by atoms with van der Waals surface area (Å²) in [5.74, 6) is -0.370. The Kier molecular flexibility index (Phi) is 4.22. The lowest BCUT2D eigenvalue weighted by atomic mass is 10.2. The van der Waals surface area contributed by atoms with Crippen LogP contribution in [-0.2, 0) is 10.1 Å². The van der Waals surface area contributed by atoms with Crippen LogP contribution in [0.5, 0.6) is 0 Å². The third kappa shape index (κ3) is 3.66. The van der Waals surface area contributed by atoms with Crippen LogP contribution in [0.1, 0.15) is 10.4 Å². The van der Waals surface area contributed by atoms with E-state index in [1.54, 1.807) is 24.3 Å². The second-order valence-electron chi connectivity index (χ2n) is 3.96. The van der Waals surface area contributed by atoms with Crippen molar-refractivity contribution in [3.63, 3.8) is 0 Å². The van der Waals surface area contributed by atoms with Gasteiger partial charge in [-0.25, -0.2) is 0 Å². The topological polar surface area (TPSA) is 83.5 Å². The number of benzene rings is 2. The monoisotopic (exact) mass is 355 g/mol. The van der Waals surface area contributed by atoms with Gasteiger partial charge in [-0.1, -0.05) is 22.0 Å². The Bertz CT molecular complexity index is 741. The molecule has 0 atom stereocenters. The minimum absolute atomic E-state index is 0.272. The molecule has 0 heterocycles. The molecule has 20 heavy (non-hydrogen) atoms. The van der Waals surface area contributed by atoms with E-state index in [2.05, 4.69) is 21.2 Å². The first-order valence-corrected chi connectivity index (χ1v) is 7.74. The first-order chi connectivity index (χ1) is 9.36. The molecule has 2 N–H and O–H groups in total. The van der Waals surface area contributed by atoms with Crippen molar-refractivity contribution in [3.8, 4) is 0 Å². The summed E-state index contributed by atoms with van der Waals surface area (Å²) in [6.07, 6.45) is 0. The van der Waals surface area contributed by atoms with Crippen LogP contribution < -0.4 is 5.32 Å². The van der Waals surface area contributed by atoms with Crippen LogP contribution >= 0.6 is 15.9 Å². The third-order valence-electron chi connectivity index (χ3n) is 2.50. The Hall–Kier alpha value is -1.70. The Labute approximate surface area is 124 Å². The first-order valence-electron chi connectivity index (χ1n) is 5.51. The average molecular weight is 356 g/mol. The molecule has 0 aromatic heterocycles. The molecule has 5 nitrogen and oxygen atoms in total. The molecule has 0 radical (unpaired) electrons. The molecule has 2 rings (SSSR count). The molecule has 2 aromatic carbocycles. The molecule has 0 aliphatic carbocycles. The summed E-state index contributed by atoms with van der Waals surface area (Å²) in [7, 11) is -4.29. The highest BCUT2D eigenvalue weighted by Crippen LogP contribution is 2.17. The highest BCUT2D eigenvalue weighted by molar-refractivity contribution is 9.10. The van der Waals surface area contributed by atoms with Gasteiger partial charge >= 0.3 is 0 Å². The van der Waals surface area contributed by atoms with Crippen LogP contribution in [0.3, 0.4) is 0 Å². The van der Waals surface area contributed by atoms with Crippen molar-refractivity contribution < 1.29 is 17.8 Å². The van der Waals surface area contributed by atoms with E-state index in [1.165, 1.54) is 24.3 Å². The number of rotatable bonds is 3. The molecule has 0 aliphatic rings. The summed E-state index contributed by atoms with van der Waals surface area (Å²) >= 11 is 3.27. The standard InChI is InChI=1S/C13H10BrNO4S/c14-10-6-4-9(5-7-10)13(16)15-11-2-1-3-12(8-11)20(17,18)19/h1-8H,(H,15,16)(H,17,18,19). The van der Waals surface area contributed by atoms with Crippen LogP contribution in [0.2, 0.25) is 0 Å². The quantitative estimate of drug-likeness (QED) is 0.829. The van der Waals surface area contributed by atoms with E-state index in [1.807, 2.05) is 0 Å². The lowest BCUT2D eigenvalue weighted by molar-refractivity contribution is 0.102. The van der Waals surface area contributed by atoms with Crippen molar-refractivity contribution in [1.29, 1.82) is 0 Å². The van der Waals surface area contributed by atoms with E-state index in [0.29, 0.717) is 5.56 Å². The van der Waals surface area contributed by atoms with Crippen LogP contribution in [-0.4, -0.2) is 18.9 Å². The fourth-order valence-corrected chi connectivity index (χ4v) is 2.33. The lowest BCUT2D eigenvalue weighted by Crippen LogP contribution is -2.12. The molecule has 0 fully saturated rings. The Balaban J connectivity index is 2.22. The van der Waals surface area contributed by atoms with E-state index in [0.717, 1.165) is 4.47 Å². The SMILES string of the molecule is O=C(Nc1cccc(S(=O)(=O)O)c1)c1ccc(Br)cc1. The third-order valence-corrected chi connectivity index (χ3v) is 3.87. The zero-order valence-corrected chi connectivity index (χ0v) is 12.5. The van der Waals surface area contributed by atoms with Gasteiger partial charge in [0.25, 0.3) is 16.0 Å². The largest absolute Gasteiger partial charge is 0.322 e. The number of carbonyl (C=O) groups excluding carboxylic acids is 1. The summed E-state index contributed by atoms with van der Waals surface area (Å²) in [5.41, 5.74) is 0.721. The van der Waals surface area contributed by atoms with Gasteiger partial charge in [0.1, 0.15) is 0 Å². The number of nitrogens with one attached hydrogen (secondary N) is 1. The minimum Gasteiger partial charge on any atom is -0.322 e. The molecule has 2 aromatic rings. The van der Waals surface area contributed by atoms with Gasteiger partial charge in [-0.05, 0) is 42.5 Å². The summed E-state index contributed by atoms with van der Waals surface area (Å²) < 4.78 is 31.8. The van der Waals surface area contributed by atoms with Gasteiger partial charge in [-0.2, -0.15) is 8.42 Å². The molecule has 0 spiro atoms. The van der Waals surface area contributed by atoms with E-state index in [4.69, 9.17) is 4.55 Å². The summed E-state index contributed by atoms with van der Waals surface area (Å²) in [5, 5.41) is 2.56. The number of anilines is 1. The molecule has 104 valence electrons. The number of amides is 1. The van der Waals surface area contributed by atoms with Gasteiger partial charge in [0.2, 0.25) is 0 Å². The lowest BCUT2D eigenvalue weighted by Gasteiger charge is -2.06. The number of carbonyl (C=O) groups is 1. The van der Waals surface area contributed by atoms with Crippen LogP contribution in [0.25, 0.3) is 0 Å². The molecule has 0 saturated heterocycles. The molecule has 0 bridgehead atoms. The van der Waals surface area contributed by atoms with Gasteiger partial charge < -0.3 is 5.32 Å². The Morgan fingerprint density at radius 3 is 2.35 bits per heavy atom. The maximum absolute atomic E-state index is 11.9. The number of hydrogen-bond donors (Lipinski definition) is 2. The fourth-order valence-electron chi connectivity index (χ4n) is 1.54. The van der Waals surface area contributed by atoms with Crippen molar-refractivity contribution in [2.45, 2.75) is 4.90 Å². The summed E-state index contributed by atoms with van der Waals surface area (Å²) in [6.45, 7) is 0. The molecule has 0 aliphatic heterocycles. The second-order valence-corrected chi connectivity index (χ2v) is 6.30. The normalized spacial score (nSPS) is 11.1. The van der Waals surface area contributed by atoms with E-state index in [9.17, 15) is 13.2 Å². The number of halogens is 1. The second kappa shape index (κ2) is 5.74. The summed E-state index contributed by atoms with van der Waals surface area (Å²) in [4.78, 5) is 11.7. The van der Waals surface area contributed by atoms with Crippen molar-refractivity contribution >= 4 is 37.6 Å².